The summed E-state index contributed by atoms with van der Waals surface area (Å²) in [4.78, 5) is 21.8. The topological polar surface area (TPSA) is 54.9 Å². The number of nitrogens with one attached hydrogen (secondary N) is 1. The maximum atomic E-state index is 12.4. The molecular weight excluding hydrogens is 282 g/mol. The van der Waals surface area contributed by atoms with Gasteiger partial charge < -0.3 is 5.32 Å². The van der Waals surface area contributed by atoms with Gasteiger partial charge in [-0.25, -0.2) is 0 Å². The minimum absolute atomic E-state index is 0.149. The van der Waals surface area contributed by atoms with Crippen LogP contribution in [0.3, 0.4) is 0 Å². The molecule has 0 saturated heterocycles. The normalized spacial score (nSPS) is 10.5. The third-order valence-electron chi connectivity index (χ3n) is 3.09. The number of anilines is 1. The van der Waals surface area contributed by atoms with Crippen molar-refractivity contribution in [1.29, 1.82) is 0 Å². The molecule has 1 aromatic heterocycles. The van der Waals surface area contributed by atoms with Gasteiger partial charge in [-0.2, -0.15) is 0 Å². The van der Waals surface area contributed by atoms with Crippen molar-refractivity contribution < 1.29 is 4.79 Å². The Morgan fingerprint density at radius 1 is 1.05 bits per heavy atom. The lowest BCUT2D eigenvalue weighted by Crippen LogP contribution is -2.12. The first-order valence-corrected chi connectivity index (χ1v) is 7.65. The molecule has 4 nitrogen and oxygen atoms in total. The Balaban J connectivity index is 1.90. The number of carbonyl (C=O) groups is 1. The summed E-state index contributed by atoms with van der Waals surface area (Å²) in [6.45, 7) is 0. The molecule has 0 spiro atoms. The number of rotatable bonds is 3. The predicted octanol–water partition coefficient (Wildman–Crippen LogP) is 3.60. The number of benzene rings is 2. The molecule has 21 heavy (non-hydrogen) atoms. The van der Waals surface area contributed by atoms with E-state index in [4.69, 9.17) is 0 Å². The zero-order valence-corrected chi connectivity index (χ0v) is 12.2. The van der Waals surface area contributed by atoms with E-state index in [0.717, 1.165) is 16.1 Å². The minimum atomic E-state index is -0.149. The molecule has 0 atom stereocenters. The maximum absolute atomic E-state index is 12.4. The number of para-hydroxylation sites is 1. The molecule has 1 N–H and O–H groups in total. The lowest BCUT2D eigenvalue weighted by Gasteiger charge is -2.09. The van der Waals surface area contributed by atoms with Gasteiger partial charge in [-0.15, -0.1) is 11.8 Å². The van der Waals surface area contributed by atoms with E-state index in [9.17, 15) is 4.79 Å². The zero-order chi connectivity index (χ0) is 14.7. The maximum Gasteiger partial charge on any atom is 0.255 e. The van der Waals surface area contributed by atoms with Gasteiger partial charge in [0.1, 0.15) is 0 Å². The lowest BCUT2D eigenvalue weighted by molar-refractivity contribution is 0.102. The second kappa shape index (κ2) is 5.93. The van der Waals surface area contributed by atoms with Gasteiger partial charge in [0.25, 0.3) is 5.91 Å². The molecule has 0 aliphatic rings. The van der Waals surface area contributed by atoms with Crippen molar-refractivity contribution in [2.24, 2.45) is 0 Å². The lowest BCUT2D eigenvalue weighted by atomic mass is 10.1. The van der Waals surface area contributed by atoms with Gasteiger partial charge in [-0.05, 0) is 36.6 Å². The first kappa shape index (κ1) is 13.6. The standard InChI is InChI=1S/C16H13N3OS/c1-21-15-5-3-2-4-13(15)19-16(20)11-6-7-12-14(10-11)18-9-8-17-12/h2-10H,1H3,(H,19,20). The summed E-state index contributed by atoms with van der Waals surface area (Å²) < 4.78 is 0. The number of thioether (sulfide) groups is 1. The number of carbonyl (C=O) groups excluding carboxylic acids is 1. The van der Waals surface area contributed by atoms with Crippen molar-refractivity contribution in [3.05, 3.63) is 60.4 Å². The van der Waals surface area contributed by atoms with E-state index in [1.807, 2.05) is 30.5 Å². The van der Waals surface area contributed by atoms with Crippen LogP contribution in [0.5, 0.6) is 0 Å². The molecule has 0 unspecified atom stereocenters. The Kier molecular flexibility index (Phi) is 3.83. The highest BCUT2D eigenvalue weighted by atomic mass is 32.2. The van der Waals surface area contributed by atoms with Gasteiger partial charge in [-0.1, -0.05) is 12.1 Å². The first-order valence-electron chi connectivity index (χ1n) is 6.43. The highest BCUT2D eigenvalue weighted by molar-refractivity contribution is 7.98. The molecule has 5 heteroatoms. The van der Waals surface area contributed by atoms with E-state index < -0.39 is 0 Å². The van der Waals surface area contributed by atoms with Gasteiger partial charge in [0.05, 0.1) is 16.7 Å². The van der Waals surface area contributed by atoms with E-state index in [-0.39, 0.29) is 5.91 Å². The number of hydrogen-bond acceptors (Lipinski definition) is 4. The van der Waals surface area contributed by atoms with Crippen molar-refractivity contribution in [1.82, 2.24) is 9.97 Å². The molecule has 104 valence electrons. The van der Waals surface area contributed by atoms with E-state index in [0.29, 0.717) is 11.1 Å². The Bertz CT molecular complexity index is 804. The predicted molar refractivity (Wildman–Crippen MR) is 85.7 cm³/mol. The third-order valence-corrected chi connectivity index (χ3v) is 3.88. The summed E-state index contributed by atoms with van der Waals surface area (Å²) in [5.41, 5.74) is 2.87. The van der Waals surface area contributed by atoms with Crippen LogP contribution in [-0.2, 0) is 0 Å². The smallest absolute Gasteiger partial charge is 0.255 e. The minimum Gasteiger partial charge on any atom is -0.321 e. The summed E-state index contributed by atoms with van der Waals surface area (Å²) in [5, 5.41) is 2.93. The summed E-state index contributed by atoms with van der Waals surface area (Å²) in [7, 11) is 0. The van der Waals surface area contributed by atoms with E-state index in [2.05, 4.69) is 15.3 Å². The van der Waals surface area contributed by atoms with Crippen molar-refractivity contribution in [3.8, 4) is 0 Å². The second-order valence-corrected chi connectivity index (χ2v) is 5.26. The average molecular weight is 295 g/mol. The van der Waals surface area contributed by atoms with Crippen molar-refractivity contribution in [3.63, 3.8) is 0 Å². The van der Waals surface area contributed by atoms with Gasteiger partial charge in [0, 0.05) is 22.9 Å². The van der Waals surface area contributed by atoms with Crippen LogP contribution in [0.2, 0.25) is 0 Å². The van der Waals surface area contributed by atoms with Gasteiger partial charge >= 0.3 is 0 Å². The molecule has 1 amide bonds. The van der Waals surface area contributed by atoms with E-state index in [1.165, 1.54) is 0 Å². The van der Waals surface area contributed by atoms with Gasteiger partial charge in [0.2, 0.25) is 0 Å². The fraction of sp³-hybridized carbons (Fsp3) is 0.0625. The molecule has 3 rings (SSSR count). The average Bonchev–Trinajstić information content (AvgIpc) is 2.55. The number of aromatic nitrogens is 2. The number of hydrogen-bond donors (Lipinski definition) is 1. The van der Waals surface area contributed by atoms with Crippen LogP contribution in [0.1, 0.15) is 10.4 Å². The summed E-state index contributed by atoms with van der Waals surface area (Å²) >= 11 is 1.60. The molecule has 0 radical (unpaired) electrons. The molecule has 2 aromatic carbocycles. The van der Waals surface area contributed by atoms with Gasteiger partial charge in [0.15, 0.2) is 0 Å². The van der Waals surface area contributed by atoms with Crippen LogP contribution in [0, 0.1) is 0 Å². The fourth-order valence-electron chi connectivity index (χ4n) is 2.05. The zero-order valence-electron chi connectivity index (χ0n) is 11.4. The molecule has 0 saturated carbocycles. The second-order valence-electron chi connectivity index (χ2n) is 4.41. The monoisotopic (exact) mass is 295 g/mol. The van der Waals surface area contributed by atoms with Crippen LogP contribution in [0.25, 0.3) is 11.0 Å². The Labute approximate surface area is 126 Å². The quantitative estimate of drug-likeness (QED) is 0.750. The third kappa shape index (κ3) is 2.87. The largest absolute Gasteiger partial charge is 0.321 e. The van der Waals surface area contributed by atoms with E-state index in [1.54, 1.807) is 42.4 Å². The number of nitrogens with zero attached hydrogens (tertiary/aromatic N) is 2. The Hall–Kier alpha value is -2.40. The Morgan fingerprint density at radius 3 is 2.62 bits per heavy atom. The van der Waals surface area contributed by atoms with Gasteiger partial charge in [-0.3, -0.25) is 14.8 Å². The van der Waals surface area contributed by atoms with Crippen LogP contribution >= 0.6 is 11.8 Å². The molecular formula is C16H13N3OS. The van der Waals surface area contributed by atoms with Crippen molar-refractivity contribution >= 4 is 34.4 Å². The molecule has 0 bridgehead atoms. The molecule has 3 aromatic rings. The molecule has 0 aliphatic carbocycles. The molecule has 1 heterocycles. The van der Waals surface area contributed by atoms with Crippen molar-refractivity contribution in [2.45, 2.75) is 4.90 Å². The fourth-order valence-corrected chi connectivity index (χ4v) is 2.60. The summed E-state index contributed by atoms with van der Waals surface area (Å²) in [6, 6.07) is 13.0. The van der Waals surface area contributed by atoms with Crippen molar-refractivity contribution in [2.75, 3.05) is 11.6 Å². The summed E-state index contributed by atoms with van der Waals surface area (Å²) in [6.07, 6.45) is 5.24. The number of fused-ring (bicyclic) bond motifs is 1. The van der Waals surface area contributed by atoms with Crippen LogP contribution in [-0.4, -0.2) is 22.1 Å². The van der Waals surface area contributed by atoms with Crippen LogP contribution in [0.15, 0.2) is 59.8 Å². The van der Waals surface area contributed by atoms with Crippen LogP contribution in [0.4, 0.5) is 5.69 Å². The highest BCUT2D eigenvalue weighted by Gasteiger charge is 2.09. The summed E-state index contributed by atoms with van der Waals surface area (Å²) in [5.74, 6) is -0.149. The molecule has 0 aliphatic heterocycles. The van der Waals surface area contributed by atoms with Crippen LogP contribution < -0.4 is 5.32 Å². The first-order chi connectivity index (χ1) is 10.3. The highest BCUT2D eigenvalue weighted by Crippen LogP contribution is 2.25. The SMILES string of the molecule is CSc1ccccc1NC(=O)c1ccc2nccnc2c1. The molecule has 0 fully saturated rings. The Morgan fingerprint density at radius 2 is 1.81 bits per heavy atom. The van der Waals surface area contributed by atoms with E-state index >= 15 is 0 Å². The number of amides is 1.